The topological polar surface area (TPSA) is 72.2 Å². The van der Waals surface area contributed by atoms with Crippen molar-refractivity contribution in [1.82, 2.24) is 0 Å². The summed E-state index contributed by atoms with van der Waals surface area (Å²) in [5.74, 6) is 0.673. The van der Waals surface area contributed by atoms with Crippen LogP contribution in [0.25, 0.3) is 0 Å². The second kappa shape index (κ2) is 10.4. The first-order chi connectivity index (χ1) is 12.1. The maximum atomic E-state index is 12.6. The highest BCUT2D eigenvalue weighted by Gasteiger charge is 2.25. The Bertz CT molecular complexity index is 620. The van der Waals surface area contributed by atoms with Gasteiger partial charge in [0.05, 0.1) is 0 Å². The summed E-state index contributed by atoms with van der Waals surface area (Å²) in [6.07, 6.45) is 9.61. The van der Waals surface area contributed by atoms with Gasteiger partial charge in [-0.2, -0.15) is 0 Å². The second-order valence-corrected chi connectivity index (χ2v) is 9.32. The molecule has 26 heavy (non-hydrogen) atoms. The second-order valence-electron chi connectivity index (χ2n) is 7.60. The van der Waals surface area contributed by atoms with Crippen molar-refractivity contribution in [2.75, 3.05) is 5.32 Å². The number of nitrogens with two attached hydrogens (primary N) is 1. The van der Waals surface area contributed by atoms with Crippen molar-refractivity contribution in [1.29, 1.82) is 0 Å². The maximum absolute atomic E-state index is 12.6. The first-order valence-corrected chi connectivity index (χ1v) is 11.0. The van der Waals surface area contributed by atoms with Crippen molar-refractivity contribution in [2.24, 2.45) is 11.7 Å². The van der Waals surface area contributed by atoms with Crippen LogP contribution in [0.2, 0.25) is 0 Å². The molecule has 1 aromatic carbocycles. The Morgan fingerprint density at radius 2 is 1.88 bits per heavy atom. The first kappa shape index (κ1) is 21.4. The van der Waals surface area contributed by atoms with E-state index in [0.717, 1.165) is 49.8 Å². The van der Waals surface area contributed by atoms with E-state index in [1.807, 2.05) is 24.3 Å². The normalized spacial score (nSPS) is 25.1. The van der Waals surface area contributed by atoms with E-state index in [1.165, 1.54) is 19.3 Å². The lowest BCUT2D eigenvalue weighted by atomic mass is 9.85. The molecule has 0 spiro atoms. The molecule has 2 aliphatic carbocycles. The van der Waals surface area contributed by atoms with E-state index < -0.39 is 10.8 Å². The summed E-state index contributed by atoms with van der Waals surface area (Å²) in [6.45, 7) is 0. The molecule has 6 heteroatoms. The van der Waals surface area contributed by atoms with E-state index in [2.05, 4.69) is 5.32 Å². The van der Waals surface area contributed by atoms with Crippen molar-refractivity contribution in [3.05, 3.63) is 29.8 Å². The van der Waals surface area contributed by atoms with Crippen LogP contribution in [-0.2, 0) is 21.3 Å². The fourth-order valence-corrected chi connectivity index (χ4v) is 5.66. The van der Waals surface area contributed by atoms with Crippen molar-refractivity contribution in [2.45, 2.75) is 74.8 Å². The summed E-state index contributed by atoms with van der Waals surface area (Å²) >= 11 is 0. The summed E-state index contributed by atoms with van der Waals surface area (Å²) in [5, 5.41) is 3.38. The van der Waals surface area contributed by atoms with Crippen molar-refractivity contribution >= 4 is 34.8 Å². The lowest BCUT2D eigenvalue weighted by Gasteiger charge is -2.25. The number of carbonyl (C=O) groups excluding carboxylic acids is 1. The highest BCUT2D eigenvalue weighted by molar-refractivity contribution is 7.84. The molecule has 0 heterocycles. The lowest BCUT2D eigenvalue weighted by molar-refractivity contribution is -0.120. The molecule has 0 aromatic heterocycles. The minimum Gasteiger partial charge on any atom is -0.328 e. The monoisotopic (exact) mass is 398 g/mol. The number of carbonyl (C=O) groups is 1. The molecule has 2 fully saturated rings. The highest BCUT2D eigenvalue weighted by Crippen LogP contribution is 2.26. The van der Waals surface area contributed by atoms with Gasteiger partial charge in [-0.05, 0) is 49.8 Å². The highest BCUT2D eigenvalue weighted by atomic mass is 35.5. The van der Waals surface area contributed by atoms with Gasteiger partial charge in [-0.15, -0.1) is 12.4 Å². The summed E-state index contributed by atoms with van der Waals surface area (Å²) in [5.41, 5.74) is 7.84. The molecule has 0 radical (unpaired) electrons. The molecule has 3 rings (SSSR count). The van der Waals surface area contributed by atoms with E-state index in [0.29, 0.717) is 11.0 Å². The van der Waals surface area contributed by atoms with Crippen LogP contribution in [0.4, 0.5) is 5.69 Å². The summed E-state index contributed by atoms with van der Waals surface area (Å²) < 4.78 is 12.6. The molecule has 0 bridgehead atoms. The van der Waals surface area contributed by atoms with Crippen LogP contribution in [0, 0.1) is 5.92 Å². The van der Waals surface area contributed by atoms with Gasteiger partial charge in [0.25, 0.3) is 0 Å². The number of anilines is 1. The van der Waals surface area contributed by atoms with Crippen LogP contribution < -0.4 is 11.1 Å². The predicted octanol–water partition coefficient (Wildman–Crippen LogP) is 4.15. The lowest BCUT2D eigenvalue weighted by Crippen LogP contribution is -2.34. The third kappa shape index (κ3) is 6.07. The molecule has 146 valence electrons. The summed E-state index contributed by atoms with van der Waals surface area (Å²) in [6, 6.07) is 7.98. The fraction of sp³-hybridized carbons (Fsp3) is 0.650. The Labute approximate surface area is 165 Å². The Kier molecular flexibility index (Phi) is 8.58. The predicted molar refractivity (Wildman–Crippen MR) is 111 cm³/mol. The maximum Gasteiger partial charge on any atom is 0.227 e. The molecule has 2 aliphatic rings. The molecule has 0 saturated heterocycles. The van der Waals surface area contributed by atoms with E-state index in [4.69, 9.17) is 5.73 Å². The molecule has 3 N–H and O–H groups in total. The Balaban J connectivity index is 0.00000243. The average molecular weight is 399 g/mol. The molecule has 4 nitrogen and oxygen atoms in total. The van der Waals surface area contributed by atoms with E-state index in [-0.39, 0.29) is 30.3 Å². The molecule has 2 saturated carbocycles. The number of halogens is 1. The number of benzene rings is 1. The van der Waals surface area contributed by atoms with Gasteiger partial charge in [-0.3, -0.25) is 9.00 Å². The van der Waals surface area contributed by atoms with Crippen LogP contribution >= 0.6 is 12.4 Å². The standard InChI is InChI=1S/C20H30N2O2S.ClH/c21-17-8-5-7-16(13-17)20(23)22-18-9-4-6-15(12-18)14-25(24)19-10-2-1-3-11-19;/h4,6,9,12,16-17,19H,1-3,5,7-8,10-11,13-14,21H2,(H,22,23);1H. The van der Waals surface area contributed by atoms with Gasteiger partial charge in [0.2, 0.25) is 5.91 Å². The quantitative estimate of drug-likeness (QED) is 0.782. The van der Waals surface area contributed by atoms with Gasteiger partial charge in [0.1, 0.15) is 0 Å². The minimum absolute atomic E-state index is 0. The SMILES string of the molecule is Cl.NC1CCCC(C(=O)Nc2cccc(CS(=O)C3CCCCC3)c2)C1. The number of hydrogen-bond acceptors (Lipinski definition) is 3. The molecule has 0 aliphatic heterocycles. The van der Waals surface area contributed by atoms with Crippen molar-refractivity contribution in [3.63, 3.8) is 0 Å². The van der Waals surface area contributed by atoms with Gasteiger partial charge < -0.3 is 11.1 Å². The van der Waals surface area contributed by atoms with Crippen LogP contribution in [0.5, 0.6) is 0 Å². The van der Waals surface area contributed by atoms with Gasteiger partial charge in [-0.1, -0.05) is 37.8 Å². The third-order valence-electron chi connectivity index (χ3n) is 5.51. The van der Waals surface area contributed by atoms with Crippen LogP contribution in [0.3, 0.4) is 0 Å². The Hall–Kier alpha value is -0.910. The first-order valence-electron chi connectivity index (χ1n) is 9.64. The fourth-order valence-electron chi connectivity index (χ4n) is 4.06. The number of hydrogen-bond donors (Lipinski definition) is 2. The summed E-state index contributed by atoms with van der Waals surface area (Å²) in [4.78, 5) is 12.5. The number of amides is 1. The van der Waals surface area contributed by atoms with Crippen LogP contribution in [0.1, 0.15) is 63.4 Å². The number of nitrogens with one attached hydrogen (secondary N) is 1. The minimum atomic E-state index is -0.817. The van der Waals surface area contributed by atoms with E-state index in [1.54, 1.807) is 0 Å². The zero-order valence-corrected chi connectivity index (χ0v) is 17.0. The summed E-state index contributed by atoms with van der Waals surface area (Å²) in [7, 11) is -0.817. The molecule has 1 aromatic rings. The molecule has 3 atom stereocenters. The van der Waals surface area contributed by atoms with Crippen molar-refractivity contribution in [3.8, 4) is 0 Å². The van der Waals surface area contributed by atoms with Gasteiger partial charge in [0.15, 0.2) is 0 Å². The van der Waals surface area contributed by atoms with Crippen LogP contribution in [0.15, 0.2) is 24.3 Å². The molecular formula is C20H31ClN2O2S. The number of rotatable bonds is 5. The van der Waals surface area contributed by atoms with Crippen LogP contribution in [-0.4, -0.2) is 21.4 Å². The molecule has 1 amide bonds. The zero-order valence-electron chi connectivity index (χ0n) is 15.3. The van der Waals surface area contributed by atoms with Gasteiger partial charge >= 0.3 is 0 Å². The average Bonchev–Trinajstić information content (AvgIpc) is 2.63. The molecule has 3 unspecified atom stereocenters. The molecular weight excluding hydrogens is 368 g/mol. The smallest absolute Gasteiger partial charge is 0.227 e. The Morgan fingerprint density at radius 3 is 2.62 bits per heavy atom. The van der Waals surface area contributed by atoms with Crippen molar-refractivity contribution < 1.29 is 9.00 Å². The van der Waals surface area contributed by atoms with Gasteiger partial charge in [0, 0.05) is 39.4 Å². The van der Waals surface area contributed by atoms with E-state index >= 15 is 0 Å². The zero-order chi connectivity index (χ0) is 17.6. The Morgan fingerprint density at radius 1 is 1.12 bits per heavy atom. The third-order valence-corrected chi connectivity index (χ3v) is 7.35. The van der Waals surface area contributed by atoms with E-state index in [9.17, 15) is 9.00 Å². The largest absolute Gasteiger partial charge is 0.328 e. The van der Waals surface area contributed by atoms with Gasteiger partial charge in [-0.25, -0.2) is 0 Å².